The number of hydrogen-bond donors (Lipinski definition) is 2. The van der Waals surface area contributed by atoms with Crippen molar-refractivity contribution in [1.29, 1.82) is 0 Å². The highest BCUT2D eigenvalue weighted by Gasteiger charge is 2.23. The molecule has 3 heterocycles. The monoisotopic (exact) mass is 263 g/mol. The summed E-state index contributed by atoms with van der Waals surface area (Å²) in [6, 6.07) is 1.75. The molecule has 0 fully saturated rings. The molecule has 0 radical (unpaired) electrons. The Bertz CT molecular complexity index is 699. The van der Waals surface area contributed by atoms with E-state index in [1.165, 1.54) is 11.3 Å². The van der Waals surface area contributed by atoms with E-state index in [4.69, 9.17) is 5.73 Å². The number of aromatic amines is 1. The first kappa shape index (κ1) is 11.1. The lowest BCUT2D eigenvalue weighted by Gasteiger charge is -2.13. The molecule has 0 aliphatic carbocycles. The SMILES string of the molecule is CC(C)(C)c1nnc2sc(-c3cc(N)n[nH]3)nn12. The van der Waals surface area contributed by atoms with E-state index in [1.807, 2.05) is 0 Å². The number of nitrogens with two attached hydrogens (primary N) is 1. The van der Waals surface area contributed by atoms with Crippen LogP contribution in [0.15, 0.2) is 6.07 Å². The van der Waals surface area contributed by atoms with Gasteiger partial charge in [0, 0.05) is 11.5 Å². The summed E-state index contributed by atoms with van der Waals surface area (Å²) in [7, 11) is 0. The van der Waals surface area contributed by atoms with Gasteiger partial charge in [-0.2, -0.15) is 14.7 Å². The smallest absolute Gasteiger partial charge is 0.235 e. The van der Waals surface area contributed by atoms with Gasteiger partial charge in [0.15, 0.2) is 10.8 Å². The van der Waals surface area contributed by atoms with Crippen molar-refractivity contribution >= 4 is 22.1 Å². The summed E-state index contributed by atoms with van der Waals surface area (Å²) < 4.78 is 1.77. The lowest BCUT2D eigenvalue weighted by atomic mass is 9.96. The molecule has 0 aliphatic heterocycles. The first-order chi connectivity index (χ1) is 8.45. The van der Waals surface area contributed by atoms with Crippen LogP contribution in [0.1, 0.15) is 26.6 Å². The zero-order chi connectivity index (χ0) is 12.9. The summed E-state index contributed by atoms with van der Waals surface area (Å²) in [5, 5.41) is 20.4. The van der Waals surface area contributed by atoms with Gasteiger partial charge in [0.05, 0.1) is 5.69 Å². The minimum Gasteiger partial charge on any atom is -0.382 e. The Balaban J connectivity index is 2.15. The third-order valence-corrected chi connectivity index (χ3v) is 3.42. The van der Waals surface area contributed by atoms with Crippen molar-refractivity contribution in [3.05, 3.63) is 11.9 Å². The molecule has 3 aromatic heterocycles. The molecule has 0 unspecified atom stereocenters. The van der Waals surface area contributed by atoms with Crippen LogP contribution in [-0.4, -0.2) is 30.0 Å². The highest BCUT2D eigenvalue weighted by atomic mass is 32.1. The third kappa shape index (κ3) is 1.65. The molecule has 0 amide bonds. The Morgan fingerprint density at radius 1 is 1.33 bits per heavy atom. The van der Waals surface area contributed by atoms with Gasteiger partial charge in [-0.25, -0.2) is 0 Å². The molecule has 0 atom stereocenters. The molecule has 0 saturated heterocycles. The first-order valence-electron chi connectivity index (χ1n) is 5.49. The van der Waals surface area contributed by atoms with Crippen LogP contribution in [0.3, 0.4) is 0 Å². The second kappa shape index (κ2) is 3.52. The number of nitrogen functional groups attached to an aromatic ring is 1. The molecule has 3 aromatic rings. The zero-order valence-electron chi connectivity index (χ0n) is 10.3. The lowest BCUT2D eigenvalue weighted by Crippen LogP contribution is -2.16. The third-order valence-electron chi connectivity index (χ3n) is 2.49. The molecule has 0 aromatic carbocycles. The molecule has 0 aliphatic rings. The number of nitrogens with one attached hydrogen (secondary N) is 1. The quantitative estimate of drug-likeness (QED) is 0.692. The maximum Gasteiger partial charge on any atom is 0.235 e. The fourth-order valence-electron chi connectivity index (χ4n) is 1.64. The molecular formula is C10H13N7S. The molecular weight excluding hydrogens is 250 g/mol. The highest BCUT2D eigenvalue weighted by molar-refractivity contribution is 7.19. The van der Waals surface area contributed by atoms with E-state index < -0.39 is 0 Å². The molecule has 7 nitrogen and oxygen atoms in total. The number of nitrogens with zero attached hydrogens (tertiary/aromatic N) is 5. The van der Waals surface area contributed by atoms with Gasteiger partial charge in [-0.1, -0.05) is 32.1 Å². The molecule has 0 saturated carbocycles. The van der Waals surface area contributed by atoms with Crippen LogP contribution in [0.4, 0.5) is 5.82 Å². The summed E-state index contributed by atoms with van der Waals surface area (Å²) in [6.07, 6.45) is 0. The first-order valence-corrected chi connectivity index (χ1v) is 6.31. The number of aromatic nitrogens is 6. The summed E-state index contributed by atoms with van der Waals surface area (Å²) in [5.74, 6) is 1.29. The number of hydrogen-bond acceptors (Lipinski definition) is 6. The van der Waals surface area contributed by atoms with Crippen molar-refractivity contribution in [1.82, 2.24) is 30.0 Å². The molecule has 94 valence electrons. The van der Waals surface area contributed by atoms with Crippen LogP contribution < -0.4 is 5.73 Å². The molecule has 18 heavy (non-hydrogen) atoms. The summed E-state index contributed by atoms with van der Waals surface area (Å²) >= 11 is 1.45. The van der Waals surface area contributed by atoms with Gasteiger partial charge in [-0.05, 0) is 0 Å². The topological polar surface area (TPSA) is 97.8 Å². The second-order valence-corrected chi connectivity index (χ2v) is 6.04. The van der Waals surface area contributed by atoms with E-state index in [0.29, 0.717) is 5.82 Å². The van der Waals surface area contributed by atoms with Crippen molar-refractivity contribution in [2.75, 3.05) is 5.73 Å². The van der Waals surface area contributed by atoms with Gasteiger partial charge in [0.1, 0.15) is 5.82 Å². The standard InChI is InChI=1S/C10H13N7S/c1-10(2,3)8-14-15-9-17(8)16-7(18-9)5-4-6(11)13-12-5/h4H,1-3H3,(H3,11,12,13). The van der Waals surface area contributed by atoms with Crippen molar-refractivity contribution < 1.29 is 0 Å². The van der Waals surface area contributed by atoms with Gasteiger partial charge in [-0.3, -0.25) is 5.10 Å². The van der Waals surface area contributed by atoms with Crippen molar-refractivity contribution in [2.45, 2.75) is 26.2 Å². The molecule has 0 bridgehead atoms. The van der Waals surface area contributed by atoms with Crippen LogP contribution in [0, 0.1) is 0 Å². The Hall–Kier alpha value is -1.96. The summed E-state index contributed by atoms with van der Waals surface area (Å²) in [5.41, 5.74) is 6.28. The second-order valence-electron chi connectivity index (χ2n) is 5.08. The van der Waals surface area contributed by atoms with E-state index in [0.717, 1.165) is 21.5 Å². The van der Waals surface area contributed by atoms with E-state index in [-0.39, 0.29) is 5.41 Å². The normalized spacial score (nSPS) is 12.4. The number of rotatable bonds is 1. The highest BCUT2D eigenvalue weighted by Crippen LogP contribution is 2.28. The van der Waals surface area contributed by atoms with E-state index in [1.54, 1.807) is 10.6 Å². The predicted molar refractivity (Wildman–Crippen MR) is 69.4 cm³/mol. The van der Waals surface area contributed by atoms with Crippen LogP contribution in [0.2, 0.25) is 0 Å². The average molecular weight is 263 g/mol. The lowest BCUT2D eigenvalue weighted by molar-refractivity contribution is 0.528. The van der Waals surface area contributed by atoms with Crippen LogP contribution in [0.5, 0.6) is 0 Å². The minimum atomic E-state index is -0.0994. The zero-order valence-corrected chi connectivity index (χ0v) is 11.1. The largest absolute Gasteiger partial charge is 0.382 e. The minimum absolute atomic E-state index is 0.0994. The van der Waals surface area contributed by atoms with Crippen molar-refractivity contribution in [3.8, 4) is 10.7 Å². The molecule has 8 heteroatoms. The maximum absolute atomic E-state index is 5.58. The summed E-state index contributed by atoms with van der Waals surface area (Å²) in [6.45, 7) is 6.24. The van der Waals surface area contributed by atoms with Gasteiger partial charge in [0.25, 0.3) is 0 Å². The molecule has 3 rings (SSSR count). The number of fused-ring (bicyclic) bond motifs is 1. The average Bonchev–Trinajstić information content (AvgIpc) is 2.87. The number of anilines is 1. The maximum atomic E-state index is 5.58. The van der Waals surface area contributed by atoms with Crippen LogP contribution in [0.25, 0.3) is 15.7 Å². The van der Waals surface area contributed by atoms with Crippen LogP contribution >= 0.6 is 11.3 Å². The van der Waals surface area contributed by atoms with E-state index in [2.05, 4.69) is 46.3 Å². The Morgan fingerprint density at radius 3 is 2.72 bits per heavy atom. The Labute approximate surface area is 107 Å². The van der Waals surface area contributed by atoms with Gasteiger partial charge in [0.2, 0.25) is 4.96 Å². The Kier molecular flexibility index (Phi) is 2.18. The Morgan fingerprint density at radius 2 is 2.11 bits per heavy atom. The van der Waals surface area contributed by atoms with Crippen molar-refractivity contribution in [2.24, 2.45) is 0 Å². The summed E-state index contributed by atoms with van der Waals surface area (Å²) in [4.78, 5) is 0.767. The van der Waals surface area contributed by atoms with Crippen LogP contribution in [-0.2, 0) is 5.41 Å². The molecule has 0 spiro atoms. The van der Waals surface area contributed by atoms with E-state index in [9.17, 15) is 0 Å². The van der Waals surface area contributed by atoms with Gasteiger partial charge < -0.3 is 5.73 Å². The molecule has 3 N–H and O–H groups in total. The number of H-pyrrole nitrogens is 1. The fourth-order valence-corrected chi connectivity index (χ4v) is 2.45. The van der Waals surface area contributed by atoms with E-state index >= 15 is 0 Å². The fraction of sp³-hybridized carbons (Fsp3) is 0.400. The van der Waals surface area contributed by atoms with Gasteiger partial charge in [-0.15, -0.1) is 10.2 Å². The van der Waals surface area contributed by atoms with Gasteiger partial charge >= 0.3 is 0 Å². The predicted octanol–water partition coefficient (Wildman–Crippen LogP) is 1.46. The van der Waals surface area contributed by atoms with Crippen molar-refractivity contribution in [3.63, 3.8) is 0 Å².